The van der Waals surface area contributed by atoms with Gasteiger partial charge in [-0.05, 0) is 48.9 Å². The number of rotatable bonds is 7. The Morgan fingerprint density at radius 1 is 1.07 bits per heavy atom. The SMILES string of the molecule is C[C@@H]1CN([C@H](C)CO)C(=O)c2c(c3ccccc3n2C)-c2ccccc2CO[C@@H]1CN(C)Cc1ccc(C(=O)O)cc1. The van der Waals surface area contributed by atoms with E-state index in [-0.39, 0.29) is 36.1 Å². The van der Waals surface area contributed by atoms with Crippen LogP contribution in [0.1, 0.15) is 45.8 Å². The number of carboxylic acids is 1. The maximum atomic E-state index is 14.5. The summed E-state index contributed by atoms with van der Waals surface area (Å²) >= 11 is 0. The summed E-state index contributed by atoms with van der Waals surface area (Å²) in [6, 6.07) is 22.7. The molecule has 1 aliphatic heterocycles. The van der Waals surface area contributed by atoms with Gasteiger partial charge < -0.3 is 24.4 Å². The summed E-state index contributed by atoms with van der Waals surface area (Å²) in [5.74, 6) is -1.09. The lowest BCUT2D eigenvalue weighted by Crippen LogP contribution is -2.47. The number of carboxylic acid groups (broad SMARTS) is 1. The normalized spacial score (nSPS) is 18.4. The molecule has 3 atom stereocenters. The first-order chi connectivity index (χ1) is 20.2. The molecule has 220 valence electrons. The smallest absolute Gasteiger partial charge is 0.335 e. The van der Waals surface area contributed by atoms with Crippen LogP contribution in [0.15, 0.2) is 72.8 Å². The van der Waals surface area contributed by atoms with E-state index in [1.807, 2.05) is 68.1 Å². The number of carbonyl (C=O) groups is 2. The molecule has 1 aromatic heterocycles. The minimum absolute atomic E-state index is 0.0387. The number of amides is 1. The molecule has 0 aliphatic carbocycles. The number of hydrogen-bond acceptors (Lipinski definition) is 5. The van der Waals surface area contributed by atoms with E-state index in [0.717, 1.165) is 33.2 Å². The van der Waals surface area contributed by atoms with Gasteiger partial charge in [-0.1, -0.05) is 61.5 Å². The number of aliphatic hydroxyl groups excluding tert-OH is 1. The van der Waals surface area contributed by atoms with E-state index in [0.29, 0.717) is 31.9 Å². The molecule has 3 aromatic carbocycles. The van der Waals surface area contributed by atoms with E-state index < -0.39 is 5.97 Å². The number of para-hydroxylation sites is 1. The van der Waals surface area contributed by atoms with Crippen molar-refractivity contribution >= 4 is 22.8 Å². The van der Waals surface area contributed by atoms with Crippen molar-refractivity contribution in [2.24, 2.45) is 13.0 Å². The molecule has 1 amide bonds. The molecular weight excluding hydrogens is 530 g/mol. The first kappa shape index (κ1) is 29.5. The first-order valence-electron chi connectivity index (χ1n) is 14.4. The van der Waals surface area contributed by atoms with Crippen LogP contribution in [-0.2, 0) is 24.9 Å². The Bertz CT molecular complexity index is 1580. The molecule has 4 aromatic rings. The van der Waals surface area contributed by atoms with Crippen LogP contribution < -0.4 is 0 Å². The second-order valence-corrected chi connectivity index (χ2v) is 11.5. The van der Waals surface area contributed by atoms with Crippen LogP contribution in [0.3, 0.4) is 0 Å². The summed E-state index contributed by atoms with van der Waals surface area (Å²) in [6.07, 6.45) is -0.208. The topological polar surface area (TPSA) is 95.2 Å². The molecule has 1 aliphatic rings. The van der Waals surface area contributed by atoms with Crippen LogP contribution in [0.25, 0.3) is 22.0 Å². The van der Waals surface area contributed by atoms with Crippen LogP contribution >= 0.6 is 0 Å². The lowest BCUT2D eigenvalue weighted by atomic mass is 9.96. The van der Waals surface area contributed by atoms with Crippen molar-refractivity contribution in [2.45, 2.75) is 39.1 Å². The largest absolute Gasteiger partial charge is 0.478 e. The van der Waals surface area contributed by atoms with E-state index in [2.05, 4.69) is 30.0 Å². The summed E-state index contributed by atoms with van der Waals surface area (Å²) in [4.78, 5) is 29.7. The van der Waals surface area contributed by atoms with E-state index in [9.17, 15) is 19.8 Å². The minimum atomic E-state index is -0.943. The van der Waals surface area contributed by atoms with Crippen molar-refractivity contribution in [1.82, 2.24) is 14.4 Å². The molecule has 42 heavy (non-hydrogen) atoms. The third-order valence-electron chi connectivity index (χ3n) is 8.37. The van der Waals surface area contributed by atoms with Gasteiger partial charge in [-0.15, -0.1) is 0 Å². The van der Waals surface area contributed by atoms with Crippen molar-refractivity contribution in [3.8, 4) is 11.1 Å². The Hall–Kier alpha value is -3.98. The van der Waals surface area contributed by atoms with Gasteiger partial charge in [0.25, 0.3) is 5.91 Å². The van der Waals surface area contributed by atoms with Gasteiger partial charge >= 0.3 is 5.97 Å². The van der Waals surface area contributed by atoms with Gasteiger partial charge in [-0.3, -0.25) is 9.69 Å². The summed E-state index contributed by atoms with van der Waals surface area (Å²) in [5.41, 5.74) is 5.72. The molecule has 0 radical (unpaired) electrons. The standard InChI is InChI=1S/C34H39N3O5/c1-22-17-37(23(2)20-38)33(39)32-31(28-11-7-8-12-29(28)36(32)4)27-10-6-5-9-26(27)21-42-30(22)19-35(3)18-24-13-15-25(16-14-24)34(40)41/h5-16,22-23,30,38H,17-21H2,1-4H3,(H,40,41)/t22-,23-,30-/m1/s1. The molecule has 0 saturated carbocycles. The first-order valence-corrected chi connectivity index (χ1v) is 14.4. The fourth-order valence-electron chi connectivity index (χ4n) is 5.96. The fourth-order valence-corrected chi connectivity index (χ4v) is 5.96. The maximum Gasteiger partial charge on any atom is 0.335 e. The molecule has 0 unspecified atom stereocenters. The quantitative estimate of drug-likeness (QED) is 0.324. The number of aromatic carboxylic acids is 1. The van der Waals surface area contributed by atoms with Gasteiger partial charge in [0.15, 0.2) is 0 Å². The maximum absolute atomic E-state index is 14.5. The minimum Gasteiger partial charge on any atom is -0.478 e. The van der Waals surface area contributed by atoms with E-state index in [1.165, 1.54) is 0 Å². The van der Waals surface area contributed by atoms with Gasteiger partial charge in [0, 0.05) is 49.1 Å². The molecule has 0 saturated heterocycles. The van der Waals surface area contributed by atoms with Crippen LogP contribution in [0.5, 0.6) is 0 Å². The number of hydrogen-bond donors (Lipinski definition) is 2. The number of ether oxygens (including phenoxy) is 1. The highest BCUT2D eigenvalue weighted by molar-refractivity contribution is 6.10. The van der Waals surface area contributed by atoms with Crippen LogP contribution in [0.4, 0.5) is 0 Å². The fraction of sp³-hybridized carbons (Fsp3) is 0.353. The molecule has 0 bridgehead atoms. The van der Waals surface area contributed by atoms with Crippen LogP contribution in [0.2, 0.25) is 0 Å². The number of aromatic nitrogens is 1. The van der Waals surface area contributed by atoms with Crippen molar-refractivity contribution in [2.75, 3.05) is 26.7 Å². The van der Waals surface area contributed by atoms with Crippen LogP contribution in [0, 0.1) is 5.92 Å². The molecule has 2 heterocycles. The second-order valence-electron chi connectivity index (χ2n) is 11.5. The van der Waals surface area contributed by atoms with Crippen molar-refractivity contribution in [3.63, 3.8) is 0 Å². The lowest BCUT2D eigenvalue weighted by molar-refractivity contribution is -0.0242. The zero-order valence-corrected chi connectivity index (χ0v) is 24.7. The van der Waals surface area contributed by atoms with Gasteiger partial charge in [-0.2, -0.15) is 0 Å². The van der Waals surface area contributed by atoms with Crippen molar-refractivity contribution in [3.05, 3.63) is 95.2 Å². The number of nitrogens with zero attached hydrogens (tertiary/aromatic N) is 3. The number of aryl methyl sites for hydroxylation is 1. The van der Waals surface area contributed by atoms with Gasteiger partial charge in [0.2, 0.25) is 0 Å². The Morgan fingerprint density at radius 3 is 2.48 bits per heavy atom. The van der Waals surface area contributed by atoms with Crippen molar-refractivity contribution in [1.29, 1.82) is 0 Å². The molecule has 2 N–H and O–H groups in total. The molecule has 5 rings (SSSR count). The summed E-state index contributed by atoms with van der Waals surface area (Å²) in [6.45, 7) is 5.86. The highest BCUT2D eigenvalue weighted by atomic mass is 16.5. The van der Waals surface area contributed by atoms with E-state index in [1.54, 1.807) is 17.0 Å². The number of aliphatic hydroxyl groups is 1. The van der Waals surface area contributed by atoms with Gasteiger partial charge in [0.05, 0.1) is 30.9 Å². The van der Waals surface area contributed by atoms with Gasteiger partial charge in [0.1, 0.15) is 5.69 Å². The molecule has 0 spiro atoms. The Kier molecular flexibility index (Phi) is 8.77. The molecular formula is C34H39N3O5. The average Bonchev–Trinajstić information content (AvgIpc) is 3.28. The number of carbonyl (C=O) groups excluding carboxylic acids is 1. The lowest BCUT2D eigenvalue weighted by Gasteiger charge is -2.35. The number of benzene rings is 3. The highest BCUT2D eigenvalue weighted by Gasteiger charge is 2.33. The molecule has 0 fully saturated rings. The average molecular weight is 570 g/mol. The van der Waals surface area contributed by atoms with Gasteiger partial charge in [-0.25, -0.2) is 4.79 Å². The van der Waals surface area contributed by atoms with E-state index >= 15 is 0 Å². The summed E-state index contributed by atoms with van der Waals surface area (Å²) in [7, 11) is 3.95. The zero-order valence-electron chi connectivity index (χ0n) is 24.7. The molecule has 8 heteroatoms. The number of likely N-dealkylation sites (N-methyl/N-ethyl adjacent to an activating group) is 1. The predicted molar refractivity (Wildman–Crippen MR) is 163 cm³/mol. The molecule has 8 nitrogen and oxygen atoms in total. The summed E-state index contributed by atoms with van der Waals surface area (Å²) in [5, 5.41) is 20.4. The summed E-state index contributed by atoms with van der Waals surface area (Å²) < 4.78 is 8.65. The zero-order chi connectivity index (χ0) is 30.0. The predicted octanol–water partition coefficient (Wildman–Crippen LogP) is 5.03. The van der Waals surface area contributed by atoms with E-state index in [4.69, 9.17) is 4.74 Å². The third-order valence-corrected chi connectivity index (χ3v) is 8.37. The third kappa shape index (κ3) is 5.83. The number of fused-ring (bicyclic) bond motifs is 5. The second kappa shape index (κ2) is 12.5. The monoisotopic (exact) mass is 569 g/mol. The van der Waals surface area contributed by atoms with Crippen molar-refractivity contribution < 1.29 is 24.5 Å². The van der Waals surface area contributed by atoms with Crippen LogP contribution in [-0.4, -0.2) is 75.3 Å². The highest BCUT2D eigenvalue weighted by Crippen LogP contribution is 2.38. The Balaban J connectivity index is 1.52. The Labute approximate surface area is 246 Å². The Morgan fingerprint density at radius 2 is 1.76 bits per heavy atom.